The minimum Gasteiger partial charge on any atom is -0.497 e. The van der Waals surface area contributed by atoms with Gasteiger partial charge in [0.2, 0.25) is 0 Å². The second-order valence-corrected chi connectivity index (χ2v) is 7.81. The normalized spacial score (nSPS) is 14.7. The number of benzene rings is 3. The minimum absolute atomic E-state index is 0.00213. The van der Waals surface area contributed by atoms with Gasteiger partial charge in [-0.2, -0.15) is 0 Å². The number of hydrogen-bond donors (Lipinski definition) is 1. The molecule has 0 radical (unpaired) electrons. The minimum atomic E-state index is -0.576. The third kappa shape index (κ3) is 4.62. The summed E-state index contributed by atoms with van der Waals surface area (Å²) in [4.78, 5) is 27.3. The number of carbonyl (C=O) groups is 2. The van der Waals surface area contributed by atoms with Gasteiger partial charge in [-0.3, -0.25) is 19.8 Å². The Morgan fingerprint density at radius 1 is 0.882 bits per heavy atom. The maximum Gasteiger partial charge on any atom is 0.270 e. The molecule has 0 saturated carbocycles. The van der Waals surface area contributed by atoms with E-state index in [0.717, 1.165) is 5.56 Å². The number of aryl methyl sites for hydroxylation is 1. The van der Waals surface area contributed by atoms with Gasteiger partial charge in [0, 0.05) is 11.6 Å². The molecule has 0 spiro atoms. The van der Waals surface area contributed by atoms with Crippen LogP contribution in [0.25, 0.3) is 6.08 Å². The van der Waals surface area contributed by atoms with Crippen molar-refractivity contribution < 1.29 is 23.8 Å². The first-order valence-electron chi connectivity index (χ1n) is 10.4. The Bertz CT molecular complexity index is 1290. The lowest BCUT2D eigenvalue weighted by Gasteiger charge is -2.29. The Kier molecular flexibility index (Phi) is 6.60. The van der Waals surface area contributed by atoms with Crippen LogP contribution in [0.2, 0.25) is 0 Å². The molecule has 1 N–H and O–H groups in total. The predicted molar refractivity (Wildman–Crippen MR) is 133 cm³/mol. The second-order valence-electron chi connectivity index (χ2n) is 7.43. The zero-order valence-corrected chi connectivity index (χ0v) is 19.6. The summed E-state index contributed by atoms with van der Waals surface area (Å²) in [5, 5.41) is 2.60. The summed E-state index contributed by atoms with van der Waals surface area (Å²) in [5.74, 6) is 1.27. The van der Waals surface area contributed by atoms with Crippen molar-refractivity contribution in [1.82, 2.24) is 5.32 Å². The number of methoxy groups -OCH3 is 2. The van der Waals surface area contributed by atoms with Crippen LogP contribution >= 0.6 is 12.2 Å². The summed E-state index contributed by atoms with van der Waals surface area (Å²) in [7, 11) is 3.07. The van der Waals surface area contributed by atoms with E-state index < -0.39 is 11.8 Å². The number of hydrogen-bond acceptors (Lipinski definition) is 6. The molecule has 2 amide bonds. The molecule has 0 bridgehead atoms. The first-order valence-corrected chi connectivity index (χ1v) is 10.8. The molecule has 0 aliphatic carbocycles. The first-order chi connectivity index (χ1) is 16.4. The van der Waals surface area contributed by atoms with Crippen molar-refractivity contribution >= 4 is 40.9 Å². The monoisotopic (exact) mass is 474 g/mol. The van der Waals surface area contributed by atoms with Crippen molar-refractivity contribution in [3.8, 4) is 23.0 Å². The summed E-state index contributed by atoms with van der Waals surface area (Å²) < 4.78 is 16.5. The van der Waals surface area contributed by atoms with Gasteiger partial charge < -0.3 is 14.2 Å². The van der Waals surface area contributed by atoms with Crippen LogP contribution in [0.1, 0.15) is 11.1 Å². The van der Waals surface area contributed by atoms with Gasteiger partial charge in [-0.05, 0) is 73.2 Å². The van der Waals surface area contributed by atoms with Crippen LogP contribution in [0.4, 0.5) is 5.69 Å². The van der Waals surface area contributed by atoms with Gasteiger partial charge in [0.1, 0.15) is 28.6 Å². The highest BCUT2D eigenvalue weighted by atomic mass is 32.1. The average molecular weight is 475 g/mol. The molecular formula is C26H22N2O5S. The summed E-state index contributed by atoms with van der Waals surface area (Å²) in [6, 6.07) is 19.7. The van der Waals surface area contributed by atoms with Crippen molar-refractivity contribution in [1.29, 1.82) is 0 Å². The van der Waals surface area contributed by atoms with Gasteiger partial charge in [-0.15, -0.1) is 0 Å². The molecule has 0 unspecified atom stereocenters. The molecule has 1 fully saturated rings. The summed E-state index contributed by atoms with van der Waals surface area (Å²) in [6.07, 6.45) is 1.51. The Morgan fingerprint density at radius 2 is 1.56 bits per heavy atom. The van der Waals surface area contributed by atoms with Gasteiger partial charge >= 0.3 is 0 Å². The fraction of sp³-hybridized carbons (Fsp3) is 0.115. The molecule has 0 aromatic heterocycles. The summed E-state index contributed by atoms with van der Waals surface area (Å²) >= 11 is 5.30. The molecule has 172 valence electrons. The Hall–Kier alpha value is -4.17. The number of ether oxygens (including phenoxy) is 3. The third-order valence-corrected chi connectivity index (χ3v) is 5.53. The third-order valence-electron chi connectivity index (χ3n) is 5.24. The number of nitrogens with one attached hydrogen (secondary N) is 1. The van der Waals surface area contributed by atoms with Crippen molar-refractivity contribution in [3.05, 3.63) is 83.4 Å². The maximum atomic E-state index is 13.4. The molecule has 1 aliphatic rings. The molecule has 1 heterocycles. The second kappa shape index (κ2) is 9.76. The number of para-hydroxylation sites is 1. The average Bonchev–Trinajstić information content (AvgIpc) is 2.83. The summed E-state index contributed by atoms with van der Waals surface area (Å²) in [5.41, 5.74) is 1.82. The van der Waals surface area contributed by atoms with Gasteiger partial charge in [-0.1, -0.05) is 18.2 Å². The quantitative estimate of drug-likeness (QED) is 0.319. The Morgan fingerprint density at radius 3 is 2.21 bits per heavy atom. The van der Waals surface area contributed by atoms with Crippen LogP contribution < -0.4 is 24.4 Å². The van der Waals surface area contributed by atoms with Gasteiger partial charge in [0.05, 0.1) is 19.9 Å². The smallest absolute Gasteiger partial charge is 0.270 e. The lowest BCUT2D eigenvalue weighted by atomic mass is 10.0. The molecule has 3 aromatic carbocycles. The molecule has 34 heavy (non-hydrogen) atoms. The highest BCUT2D eigenvalue weighted by Gasteiger charge is 2.35. The highest BCUT2D eigenvalue weighted by Crippen LogP contribution is 2.32. The van der Waals surface area contributed by atoms with Crippen LogP contribution in [-0.4, -0.2) is 31.1 Å². The van der Waals surface area contributed by atoms with Gasteiger partial charge in [-0.25, -0.2) is 0 Å². The van der Waals surface area contributed by atoms with Crippen LogP contribution in [-0.2, 0) is 9.59 Å². The van der Waals surface area contributed by atoms with E-state index >= 15 is 0 Å². The zero-order chi connectivity index (χ0) is 24.2. The van der Waals surface area contributed by atoms with Crippen LogP contribution in [0, 0.1) is 6.92 Å². The standard InChI is InChI=1S/C26H22N2O5S/c1-16-13-20(31-2)14-23(32-3)21(16)15-22-24(29)27-26(34)28(25(22)30)17-9-11-19(12-10-17)33-18-7-5-4-6-8-18/h4-15H,1-3H3,(H,27,29,34). The molecule has 3 aromatic rings. The summed E-state index contributed by atoms with van der Waals surface area (Å²) in [6.45, 7) is 1.84. The van der Waals surface area contributed by atoms with Crippen molar-refractivity contribution in [2.75, 3.05) is 19.1 Å². The number of nitrogens with zero attached hydrogens (tertiary/aromatic N) is 1. The topological polar surface area (TPSA) is 77.1 Å². The lowest BCUT2D eigenvalue weighted by molar-refractivity contribution is -0.122. The van der Waals surface area contributed by atoms with E-state index in [4.69, 9.17) is 26.4 Å². The molecule has 4 rings (SSSR count). The van der Waals surface area contributed by atoms with Crippen LogP contribution in [0.5, 0.6) is 23.0 Å². The van der Waals surface area contributed by atoms with E-state index in [1.807, 2.05) is 37.3 Å². The molecule has 1 aliphatic heterocycles. The number of thiocarbonyl (C=S) groups is 1. The Labute approximate surface area is 202 Å². The van der Waals surface area contributed by atoms with E-state index in [1.165, 1.54) is 18.1 Å². The van der Waals surface area contributed by atoms with E-state index in [9.17, 15) is 9.59 Å². The predicted octanol–water partition coefficient (Wildman–Crippen LogP) is 4.64. The maximum absolute atomic E-state index is 13.4. The van der Waals surface area contributed by atoms with Crippen molar-refractivity contribution in [2.24, 2.45) is 0 Å². The van der Waals surface area contributed by atoms with Gasteiger partial charge in [0.25, 0.3) is 11.8 Å². The number of anilines is 1. The fourth-order valence-electron chi connectivity index (χ4n) is 3.53. The largest absolute Gasteiger partial charge is 0.497 e. The van der Waals surface area contributed by atoms with Crippen LogP contribution in [0.15, 0.2) is 72.3 Å². The van der Waals surface area contributed by atoms with Crippen LogP contribution in [0.3, 0.4) is 0 Å². The highest BCUT2D eigenvalue weighted by molar-refractivity contribution is 7.80. The van der Waals surface area contributed by atoms with E-state index in [1.54, 1.807) is 43.5 Å². The number of rotatable bonds is 6. The van der Waals surface area contributed by atoms with E-state index in [-0.39, 0.29) is 10.7 Å². The number of carbonyl (C=O) groups excluding carboxylic acids is 2. The zero-order valence-electron chi connectivity index (χ0n) is 18.8. The lowest BCUT2D eigenvalue weighted by Crippen LogP contribution is -2.54. The number of amides is 2. The van der Waals surface area contributed by atoms with Crippen molar-refractivity contribution in [3.63, 3.8) is 0 Å². The Balaban J connectivity index is 1.65. The molecular weight excluding hydrogens is 452 g/mol. The molecule has 8 heteroatoms. The first kappa shape index (κ1) is 23.0. The fourth-order valence-corrected chi connectivity index (χ4v) is 3.81. The SMILES string of the molecule is COc1cc(C)c(C=C2C(=O)NC(=S)N(c3ccc(Oc4ccccc4)cc3)C2=O)c(OC)c1. The van der Waals surface area contributed by atoms with Crippen molar-refractivity contribution in [2.45, 2.75) is 6.92 Å². The van der Waals surface area contributed by atoms with E-state index in [2.05, 4.69) is 5.32 Å². The molecule has 0 atom stereocenters. The van der Waals surface area contributed by atoms with E-state index in [0.29, 0.717) is 34.2 Å². The molecule has 1 saturated heterocycles. The molecule has 7 nitrogen and oxygen atoms in total. The van der Waals surface area contributed by atoms with Gasteiger partial charge in [0.15, 0.2) is 5.11 Å².